The lowest BCUT2D eigenvalue weighted by Gasteiger charge is -2.16. The molecule has 0 aromatic carbocycles. The van der Waals surface area contributed by atoms with Gasteiger partial charge >= 0.3 is 0 Å². The van der Waals surface area contributed by atoms with E-state index >= 15 is 0 Å². The maximum atomic E-state index is 11.6. The summed E-state index contributed by atoms with van der Waals surface area (Å²) in [6.45, 7) is 2.46. The first-order valence-corrected chi connectivity index (χ1v) is 6.22. The monoisotopic (exact) mass is 222 g/mol. The fraction of sp³-hybridized carbons (Fsp3) is 0.769. The van der Waals surface area contributed by atoms with E-state index in [2.05, 4.69) is 23.5 Å². The van der Waals surface area contributed by atoms with Crippen molar-refractivity contribution in [2.24, 2.45) is 0 Å². The Morgan fingerprint density at radius 2 is 2.19 bits per heavy atom. The third-order valence-corrected chi connectivity index (χ3v) is 3.13. The number of amides is 1. The molecule has 1 atom stereocenters. The highest BCUT2D eigenvalue weighted by Gasteiger charge is 2.17. The predicted molar refractivity (Wildman–Crippen MR) is 65.9 cm³/mol. The topological polar surface area (TPSA) is 41.1 Å². The van der Waals surface area contributed by atoms with Gasteiger partial charge in [-0.2, -0.15) is 0 Å². The van der Waals surface area contributed by atoms with Gasteiger partial charge in [-0.15, -0.1) is 12.3 Å². The van der Waals surface area contributed by atoms with E-state index in [9.17, 15) is 4.79 Å². The Kier molecular flexibility index (Phi) is 5.95. The molecule has 1 aliphatic rings. The lowest BCUT2D eigenvalue weighted by molar-refractivity contribution is -0.121. The molecule has 0 spiro atoms. The summed E-state index contributed by atoms with van der Waals surface area (Å²) < 4.78 is 0. The minimum absolute atomic E-state index is 0.0994. The summed E-state index contributed by atoms with van der Waals surface area (Å²) >= 11 is 0. The van der Waals surface area contributed by atoms with Gasteiger partial charge < -0.3 is 10.6 Å². The first-order valence-electron chi connectivity index (χ1n) is 6.22. The highest BCUT2D eigenvalue weighted by atomic mass is 16.1. The molecule has 1 amide bonds. The molecule has 0 aromatic rings. The lowest BCUT2D eigenvalue weighted by Crippen LogP contribution is -2.42. The van der Waals surface area contributed by atoms with Crippen LogP contribution in [-0.4, -0.2) is 24.5 Å². The second-order valence-electron chi connectivity index (χ2n) is 4.44. The van der Waals surface area contributed by atoms with Crippen molar-refractivity contribution in [3.63, 3.8) is 0 Å². The summed E-state index contributed by atoms with van der Waals surface area (Å²) in [5.41, 5.74) is 0. The molecular weight excluding hydrogens is 200 g/mol. The van der Waals surface area contributed by atoms with Gasteiger partial charge in [0.25, 0.3) is 0 Å². The second kappa shape index (κ2) is 7.29. The molecule has 0 bridgehead atoms. The molecule has 0 radical (unpaired) electrons. The summed E-state index contributed by atoms with van der Waals surface area (Å²) in [6, 6.07) is 0.668. The molecule has 3 nitrogen and oxygen atoms in total. The number of terminal acetylenes is 1. The molecule has 1 aliphatic carbocycles. The SMILES string of the molecule is C#CCC(CC)NCC(=O)NC1CCCC1. The molecule has 16 heavy (non-hydrogen) atoms. The van der Waals surface area contributed by atoms with Gasteiger partial charge in [-0.25, -0.2) is 0 Å². The molecule has 1 rings (SSSR count). The average Bonchev–Trinajstić information content (AvgIpc) is 2.76. The Hall–Kier alpha value is -1.01. The molecule has 0 aromatic heterocycles. The van der Waals surface area contributed by atoms with Crippen LogP contribution in [0.15, 0.2) is 0 Å². The molecule has 1 unspecified atom stereocenters. The van der Waals surface area contributed by atoms with Crippen LogP contribution in [0.4, 0.5) is 0 Å². The van der Waals surface area contributed by atoms with Crippen LogP contribution in [0.3, 0.4) is 0 Å². The van der Waals surface area contributed by atoms with Crippen molar-refractivity contribution >= 4 is 5.91 Å². The quantitative estimate of drug-likeness (QED) is 0.668. The molecule has 2 N–H and O–H groups in total. The fourth-order valence-corrected chi connectivity index (χ4v) is 2.09. The summed E-state index contributed by atoms with van der Waals surface area (Å²) in [7, 11) is 0. The maximum Gasteiger partial charge on any atom is 0.234 e. The number of nitrogens with one attached hydrogen (secondary N) is 2. The summed E-state index contributed by atoms with van der Waals surface area (Å²) in [5.74, 6) is 2.72. The maximum absolute atomic E-state index is 11.6. The number of carbonyl (C=O) groups is 1. The number of rotatable bonds is 6. The minimum atomic E-state index is 0.0994. The smallest absolute Gasteiger partial charge is 0.234 e. The Labute approximate surface area is 98.4 Å². The normalized spacial score (nSPS) is 18.0. The molecule has 0 aliphatic heterocycles. The molecular formula is C13H22N2O. The van der Waals surface area contributed by atoms with E-state index in [1.807, 2.05) is 0 Å². The van der Waals surface area contributed by atoms with Crippen LogP contribution in [0, 0.1) is 12.3 Å². The summed E-state index contributed by atoms with van der Waals surface area (Å²) in [6.07, 6.45) is 11.7. The first-order chi connectivity index (χ1) is 7.76. The van der Waals surface area contributed by atoms with Gasteiger partial charge in [0.2, 0.25) is 5.91 Å². The minimum Gasteiger partial charge on any atom is -0.352 e. The standard InChI is InChI=1S/C13H22N2O/c1-3-7-11(4-2)14-10-13(16)15-12-8-5-6-9-12/h1,11-12,14H,4-10H2,2H3,(H,15,16). The van der Waals surface area contributed by atoms with Gasteiger partial charge in [-0.05, 0) is 19.3 Å². The van der Waals surface area contributed by atoms with Gasteiger partial charge in [0, 0.05) is 18.5 Å². The molecule has 90 valence electrons. The van der Waals surface area contributed by atoms with Crippen molar-refractivity contribution in [3.8, 4) is 12.3 Å². The second-order valence-corrected chi connectivity index (χ2v) is 4.44. The summed E-state index contributed by atoms with van der Waals surface area (Å²) in [4.78, 5) is 11.6. The third-order valence-electron chi connectivity index (χ3n) is 3.13. The van der Waals surface area contributed by atoms with E-state index in [0.717, 1.165) is 19.3 Å². The third kappa shape index (κ3) is 4.67. The Morgan fingerprint density at radius 3 is 2.75 bits per heavy atom. The van der Waals surface area contributed by atoms with Gasteiger partial charge in [0.1, 0.15) is 0 Å². The van der Waals surface area contributed by atoms with E-state index < -0.39 is 0 Å². The van der Waals surface area contributed by atoms with Crippen molar-refractivity contribution in [1.82, 2.24) is 10.6 Å². The lowest BCUT2D eigenvalue weighted by atomic mass is 10.1. The van der Waals surface area contributed by atoms with Crippen LogP contribution in [0.25, 0.3) is 0 Å². The van der Waals surface area contributed by atoms with Crippen molar-refractivity contribution in [2.75, 3.05) is 6.54 Å². The van der Waals surface area contributed by atoms with Crippen LogP contribution >= 0.6 is 0 Å². The average molecular weight is 222 g/mol. The zero-order chi connectivity index (χ0) is 11.8. The van der Waals surface area contributed by atoms with E-state index in [-0.39, 0.29) is 11.9 Å². The Bertz CT molecular complexity index is 251. The van der Waals surface area contributed by atoms with Crippen molar-refractivity contribution in [1.29, 1.82) is 0 Å². The van der Waals surface area contributed by atoms with Crippen LogP contribution in [-0.2, 0) is 4.79 Å². The fourth-order valence-electron chi connectivity index (χ4n) is 2.09. The Balaban J connectivity index is 2.15. The van der Waals surface area contributed by atoms with Crippen molar-refractivity contribution in [3.05, 3.63) is 0 Å². The van der Waals surface area contributed by atoms with Gasteiger partial charge in [-0.1, -0.05) is 19.8 Å². The van der Waals surface area contributed by atoms with Crippen molar-refractivity contribution in [2.45, 2.75) is 57.5 Å². The van der Waals surface area contributed by atoms with E-state index in [1.54, 1.807) is 0 Å². The predicted octanol–water partition coefficient (Wildman–Crippen LogP) is 1.44. The molecule has 3 heteroatoms. The zero-order valence-electron chi connectivity index (χ0n) is 10.1. The highest BCUT2D eigenvalue weighted by molar-refractivity contribution is 5.78. The van der Waals surface area contributed by atoms with Crippen molar-refractivity contribution < 1.29 is 4.79 Å². The number of hydrogen-bond acceptors (Lipinski definition) is 2. The largest absolute Gasteiger partial charge is 0.352 e. The van der Waals surface area contributed by atoms with Gasteiger partial charge in [-0.3, -0.25) is 4.79 Å². The van der Waals surface area contributed by atoms with Gasteiger partial charge in [0.15, 0.2) is 0 Å². The number of hydrogen-bond donors (Lipinski definition) is 2. The van der Waals surface area contributed by atoms with Crippen LogP contribution in [0.5, 0.6) is 0 Å². The zero-order valence-corrected chi connectivity index (χ0v) is 10.1. The van der Waals surface area contributed by atoms with Gasteiger partial charge in [0.05, 0.1) is 6.54 Å². The molecule has 1 saturated carbocycles. The molecule has 0 heterocycles. The van der Waals surface area contributed by atoms with Crippen LogP contribution in [0.1, 0.15) is 45.4 Å². The van der Waals surface area contributed by atoms with E-state index in [4.69, 9.17) is 6.42 Å². The molecule has 0 saturated heterocycles. The Morgan fingerprint density at radius 1 is 1.50 bits per heavy atom. The highest BCUT2D eigenvalue weighted by Crippen LogP contribution is 2.17. The van der Waals surface area contributed by atoms with E-state index in [0.29, 0.717) is 19.0 Å². The molecule has 1 fully saturated rings. The van der Waals surface area contributed by atoms with Crippen LogP contribution < -0.4 is 10.6 Å². The van der Waals surface area contributed by atoms with E-state index in [1.165, 1.54) is 12.8 Å². The summed E-state index contributed by atoms with van der Waals surface area (Å²) in [5, 5.41) is 6.24. The van der Waals surface area contributed by atoms with Crippen LogP contribution in [0.2, 0.25) is 0 Å². The number of carbonyl (C=O) groups excluding carboxylic acids is 1. The first kappa shape index (κ1) is 13.1.